The largest absolute Gasteiger partial charge is 0.357 e. The molecule has 0 aliphatic carbocycles. The molecule has 0 saturated carbocycles. The number of fused-ring (bicyclic) bond motifs is 1. The van der Waals surface area contributed by atoms with Gasteiger partial charge in [0.25, 0.3) is 0 Å². The lowest BCUT2D eigenvalue weighted by molar-refractivity contribution is 0.433. The molecule has 2 heterocycles. The van der Waals surface area contributed by atoms with Gasteiger partial charge in [-0.2, -0.15) is 4.98 Å². The van der Waals surface area contributed by atoms with Crippen LogP contribution in [0, 0.1) is 0 Å². The van der Waals surface area contributed by atoms with Gasteiger partial charge in [-0.3, -0.25) is 0 Å². The van der Waals surface area contributed by atoms with Gasteiger partial charge in [0, 0.05) is 25.0 Å². The Kier molecular flexibility index (Phi) is 4.23. The van der Waals surface area contributed by atoms with Gasteiger partial charge in [0.15, 0.2) is 0 Å². The average Bonchev–Trinajstić information content (AvgIpc) is 2.54. The van der Waals surface area contributed by atoms with Gasteiger partial charge in [0.2, 0.25) is 5.95 Å². The van der Waals surface area contributed by atoms with Crippen LogP contribution in [0.4, 0.5) is 11.8 Å². The molecule has 1 atom stereocenters. The molecule has 1 saturated heterocycles. The molecule has 1 unspecified atom stereocenters. The Morgan fingerprint density at radius 3 is 2.90 bits per heavy atom. The fraction of sp³-hybridized carbons (Fsp3) is 0.529. The highest BCUT2D eigenvalue weighted by molar-refractivity contribution is 5.90. The third kappa shape index (κ3) is 2.80. The topological polar surface area (TPSA) is 41.1 Å². The standard InChI is InChI=1S/C17H24N4/c1-3-8-13-9-6-7-12-21(13)16-14-10-4-5-11-15(14)19-17(18-2)20-16/h4-5,10-11,13H,3,6-9,12H2,1-2H3,(H,18,19,20). The minimum Gasteiger partial charge on any atom is -0.357 e. The molecule has 21 heavy (non-hydrogen) atoms. The van der Waals surface area contributed by atoms with Gasteiger partial charge in [-0.15, -0.1) is 0 Å². The average molecular weight is 284 g/mol. The first-order valence-electron chi connectivity index (χ1n) is 8.04. The van der Waals surface area contributed by atoms with Crippen LogP contribution in [0.3, 0.4) is 0 Å². The highest BCUT2D eigenvalue weighted by Crippen LogP contribution is 2.31. The van der Waals surface area contributed by atoms with Crippen LogP contribution >= 0.6 is 0 Å². The predicted octanol–water partition coefficient (Wildman–Crippen LogP) is 3.83. The predicted molar refractivity (Wildman–Crippen MR) is 89.0 cm³/mol. The van der Waals surface area contributed by atoms with E-state index in [0.29, 0.717) is 12.0 Å². The SMILES string of the molecule is CCCC1CCCCN1c1nc(NC)nc2ccccc12. The van der Waals surface area contributed by atoms with E-state index in [1.165, 1.54) is 37.5 Å². The molecule has 1 N–H and O–H groups in total. The lowest BCUT2D eigenvalue weighted by Crippen LogP contribution is -2.40. The van der Waals surface area contributed by atoms with Gasteiger partial charge < -0.3 is 10.2 Å². The molecule has 4 heteroatoms. The Labute approximate surface area is 126 Å². The van der Waals surface area contributed by atoms with E-state index < -0.39 is 0 Å². The minimum absolute atomic E-state index is 0.617. The minimum atomic E-state index is 0.617. The number of nitrogens with one attached hydrogen (secondary N) is 1. The molecular formula is C17H24N4. The fourth-order valence-electron chi connectivity index (χ4n) is 3.30. The maximum atomic E-state index is 4.78. The smallest absolute Gasteiger partial charge is 0.224 e. The molecule has 0 bridgehead atoms. The number of nitrogens with zero attached hydrogens (tertiary/aromatic N) is 3. The Bertz CT molecular complexity index is 609. The van der Waals surface area contributed by atoms with Crippen molar-refractivity contribution < 1.29 is 0 Å². The summed E-state index contributed by atoms with van der Waals surface area (Å²) in [6.07, 6.45) is 6.34. The van der Waals surface area contributed by atoms with E-state index >= 15 is 0 Å². The number of piperidine rings is 1. The summed E-state index contributed by atoms with van der Waals surface area (Å²) in [4.78, 5) is 11.9. The lowest BCUT2D eigenvalue weighted by atomic mass is 9.98. The highest BCUT2D eigenvalue weighted by atomic mass is 15.2. The molecule has 3 rings (SSSR count). The Balaban J connectivity index is 2.08. The van der Waals surface area contributed by atoms with Crippen LogP contribution in [0.25, 0.3) is 10.9 Å². The van der Waals surface area contributed by atoms with Crippen molar-refractivity contribution in [3.63, 3.8) is 0 Å². The quantitative estimate of drug-likeness (QED) is 0.926. The lowest BCUT2D eigenvalue weighted by Gasteiger charge is -2.37. The molecule has 1 aromatic heterocycles. The molecule has 1 aliphatic heterocycles. The molecule has 0 spiro atoms. The van der Waals surface area contributed by atoms with E-state index in [9.17, 15) is 0 Å². The van der Waals surface area contributed by atoms with Crippen molar-refractivity contribution in [1.29, 1.82) is 0 Å². The summed E-state index contributed by atoms with van der Waals surface area (Å²) in [7, 11) is 1.88. The van der Waals surface area contributed by atoms with E-state index in [0.717, 1.165) is 17.9 Å². The summed E-state index contributed by atoms with van der Waals surface area (Å²) in [5.41, 5.74) is 1.02. The fourth-order valence-corrected chi connectivity index (χ4v) is 3.30. The first kappa shape index (κ1) is 14.1. The van der Waals surface area contributed by atoms with Crippen LogP contribution in [0.2, 0.25) is 0 Å². The normalized spacial score (nSPS) is 19.0. The summed E-state index contributed by atoms with van der Waals surface area (Å²) in [5.74, 6) is 1.81. The van der Waals surface area contributed by atoms with Gasteiger partial charge in [-0.1, -0.05) is 25.5 Å². The number of hydrogen-bond acceptors (Lipinski definition) is 4. The van der Waals surface area contributed by atoms with E-state index in [1.807, 2.05) is 13.1 Å². The van der Waals surface area contributed by atoms with Crippen molar-refractivity contribution in [2.45, 2.75) is 45.1 Å². The van der Waals surface area contributed by atoms with Gasteiger partial charge in [0.05, 0.1) is 5.52 Å². The summed E-state index contributed by atoms with van der Waals surface area (Å²) < 4.78 is 0. The van der Waals surface area contributed by atoms with Crippen LogP contribution < -0.4 is 10.2 Å². The second kappa shape index (κ2) is 6.29. The van der Waals surface area contributed by atoms with Crippen molar-refractivity contribution in [3.8, 4) is 0 Å². The molecule has 2 aromatic rings. The van der Waals surface area contributed by atoms with Crippen LogP contribution in [-0.2, 0) is 0 Å². The maximum absolute atomic E-state index is 4.78. The third-order valence-electron chi connectivity index (χ3n) is 4.33. The van der Waals surface area contributed by atoms with Gasteiger partial charge in [-0.05, 0) is 37.8 Å². The molecule has 112 valence electrons. The molecule has 4 nitrogen and oxygen atoms in total. The van der Waals surface area contributed by atoms with Crippen LogP contribution in [0.1, 0.15) is 39.0 Å². The van der Waals surface area contributed by atoms with Crippen LogP contribution in [0.15, 0.2) is 24.3 Å². The first-order chi connectivity index (χ1) is 10.3. The van der Waals surface area contributed by atoms with E-state index in [-0.39, 0.29) is 0 Å². The number of rotatable bonds is 4. The van der Waals surface area contributed by atoms with Crippen molar-refractivity contribution >= 4 is 22.7 Å². The monoisotopic (exact) mass is 284 g/mol. The number of para-hydroxylation sites is 1. The molecular weight excluding hydrogens is 260 g/mol. The Hall–Kier alpha value is -1.84. The second-order valence-corrected chi connectivity index (χ2v) is 5.77. The summed E-state index contributed by atoms with van der Waals surface area (Å²) in [6.45, 7) is 3.37. The van der Waals surface area contributed by atoms with Gasteiger partial charge >= 0.3 is 0 Å². The number of hydrogen-bond donors (Lipinski definition) is 1. The molecule has 0 radical (unpaired) electrons. The van der Waals surface area contributed by atoms with Crippen LogP contribution in [0.5, 0.6) is 0 Å². The highest BCUT2D eigenvalue weighted by Gasteiger charge is 2.24. The third-order valence-corrected chi connectivity index (χ3v) is 4.33. The summed E-state index contributed by atoms with van der Waals surface area (Å²) in [6, 6.07) is 8.94. The zero-order valence-electron chi connectivity index (χ0n) is 13.0. The molecule has 1 fully saturated rings. The number of benzene rings is 1. The molecule has 1 aromatic carbocycles. The number of aromatic nitrogens is 2. The zero-order valence-corrected chi connectivity index (χ0v) is 13.0. The second-order valence-electron chi connectivity index (χ2n) is 5.77. The van der Waals surface area contributed by atoms with E-state index in [2.05, 4.69) is 40.3 Å². The van der Waals surface area contributed by atoms with Crippen molar-refractivity contribution in [1.82, 2.24) is 9.97 Å². The number of anilines is 2. The van der Waals surface area contributed by atoms with Gasteiger partial charge in [-0.25, -0.2) is 4.98 Å². The van der Waals surface area contributed by atoms with Crippen LogP contribution in [-0.4, -0.2) is 29.6 Å². The maximum Gasteiger partial charge on any atom is 0.224 e. The molecule has 0 amide bonds. The van der Waals surface area contributed by atoms with Gasteiger partial charge in [0.1, 0.15) is 5.82 Å². The van der Waals surface area contributed by atoms with Crippen molar-refractivity contribution in [2.75, 3.05) is 23.8 Å². The Morgan fingerprint density at radius 1 is 1.24 bits per heavy atom. The first-order valence-corrected chi connectivity index (χ1v) is 8.04. The van der Waals surface area contributed by atoms with E-state index in [1.54, 1.807) is 0 Å². The van der Waals surface area contributed by atoms with Crippen molar-refractivity contribution in [3.05, 3.63) is 24.3 Å². The molecule has 1 aliphatic rings. The van der Waals surface area contributed by atoms with Crippen molar-refractivity contribution in [2.24, 2.45) is 0 Å². The summed E-state index contributed by atoms with van der Waals surface area (Å²) >= 11 is 0. The summed E-state index contributed by atoms with van der Waals surface area (Å²) in [5, 5.41) is 4.26. The van der Waals surface area contributed by atoms with E-state index in [4.69, 9.17) is 4.98 Å². The zero-order chi connectivity index (χ0) is 14.7. The Morgan fingerprint density at radius 2 is 2.10 bits per heavy atom.